The molecular weight excluding hydrogens is 200 g/mol. The average molecular weight is 222 g/mol. The highest BCUT2D eigenvalue weighted by Gasteiger charge is 2.12. The summed E-state index contributed by atoms with van der Waals surface area (Å²) in [5, 5.41) is 0. The zero-order chi connectivity index (χ0) is 10.7. The van der Waals surface area contributed by atoms with E-state index in [1.807, 2.05) is 6.20 Å². The van der Waals surface area contributed by atoms with E-state index in [-0.39, 0.29) is 7.43 Å². The van der Waals surface area contributed by atoms with E-state index in [0.29, 0.717) is 5.92 Å². The van der Waals surface area contributed by atoms with E-state index in [2.05, 4.69) is 35.9 Å². The Kier molecular flexibility index (Phi) is 4.74. The van der Waals surface area contributed by atoms with Gasteiger partial charge in [-0.2, -0.15) is 0 Å². The topological polar surface area (TPSA) is 25.4 Å². The van der Waals surface area contributed by atoms with Crippen molar-refractivity contribution in [3.8, 4) is 0 Å². The summed E-state index contributed by atoms with van der Waals surface area (Å²) in [6, 6.07) is 4.28. The number of rotatable bonds is 2. The van der Waals surface area contributed by atoms with Gasteiger partial charge in [0.05, 0.1) is 13.2 Å². The van der Waals surface area contributed by atoms with Crippen LogP contribution < -0.4 is 4.90 Å². The molecule has 90 valence electrons. The molecule has 1 aliphatic heterocycles. The van der Waals surface area contributed by atoms with E-state index >= 15 is 0 Å². The number of nitrogens with zero attached hydrogens (tertiary/aromatic N) is 2. The predicted molar refractivity (Wildman–Crippen MR) is 68.1 cm³/mol. The molecule has 1 aliphatic rings. The fraction of sp³-hybridized carbons (Fsp3) is 0.615. The van der Waals surface area contributed by atoms with Crippen LogP contribution >= 0.6 is 0 Å². The molecular formula is C13H22N2O. The first-order chi connectivity index (χ1) is 7.27. The third-order valence-corrected chi connectivity index (χ3v) is 2.77. The summed E-state index contributed by atoms with van der Waals surface area (Å²) in [6.45, 7) is 7.90. The lowest BCUT2D eigenvalue weighted by Crippen LogP contribution is -2.36. The van der Waals surface area contributed by atoms with Gasteiger partial charge in [0.2, 0.25) is 0 Å². The van der Waals surface area contributed by atoms with E-state index < -0.39 is 0 Å². The van der Waals surface area contributed by atoms with E-state index in [0.717, 1.165) is 32.1 Å². The Morgan fingerprint density at radius 1 is 1.25 bits per heavy atom. The molecule has 1 saturated heterocycles. The molecule has 0 radical (unpaired) electrons. The largest absolute Gasteiger partial charge is 0.378 e. The van der Waals surface area contributed by atoms with Crippen LogP contribution in [-0.4, -0.2) is 31.3 Å². The molecule has 0 spiro atoms. The highest BCUT2D eigenvalue weighted by Crippen LogP contribution is 2.17. The molecule has 0 unspecified atom stereocenters. The van der Waals surface area contributed by atoms with Crippen LogP contribution in [-0.2, 0) is 4.74 Å². The smallest absolute Gasteiger partial charge is 0.128 e. The number of ether oxygens (including phenoxy) is 1. The van der Waals surface area contributed by atoms with Crippen molar-refractivity contribution in [2.75, 3.05) is 31.2 Å². The van der Waals surface area contributed by atoms with Gasteiger partial charge in [0.15, 0.2) is 0 Å². The Morgan fingerprint density at radius 3 is 2.44 bits per heavy atom. The van der Waals surface area contributed by atoms with Gasteiger partial charge in [0, 0.05) is 19.3 Å². The third kappa shape index (κ3) is 2.95. The number of aromatic nitrogens is 1. The second-order valence-electron chi connectivity index (χ2n) is 4.20. The van der Waals surface area contributed by atoms with Crippen molar-refractivity contribution in [3.05, 3.63) is 23.9 Å². The molecule has 0 N–H and O–H groups in total. The number of hydrogen-bond acceptors (Lipinski definition) is 3. The maximum atomic E-state index is 5.31. The van der Waals surface area contributed by atoms with Crippen molar-refractivity contribution in [2.45, 2.75) is 27.2 Å². The Labute approximate surface area is 98.4 Å². The summed E-state index contributed by atoms with van der Waals surface area (Å²) in [4.78, 5) is 6.77. The van der Waals surface area contributed by atoms with Gasteiger partial charge >= 0.3 is 0 Å². The van der Waals surface area contributed by atoms with E-state index in [9.17, 15) is 0 Å². The fourth-order valence-corrected chi connectivity index (χ4v) is 1.72. The van der Waals surface area contributed by atoms with Crippen molar-refractivity contribution in [1.82, 2.24) is 4.98 Å². The Bertz CT molecular complexity index is 302. The Balaban J connectivity index is 0.00000128. The molecule has 3 heteroatoms. The maximum Gasteiger partial charge on any atom is 0.128 e. The summed E-state index contributed by atoms with van der Waals surface area (Å²) >= 11 is 0. The van der Waals surface area contributed by atoms with Crippen molar-refractivity contribution in [1.29, 1.82) is 0 Å². The van der Waals surface area contributed by atoms with Crippen LogP contribution in [0.25, 0.3) is 0 Å². The van der Waals surface area contributed by atoms with Crippen molar-refractivity contribution < 1.29 is 4.74 Å². The number of pyridine rings is 1. The van der Waals surface area contributed by atoms with Gasteiger partial charge in [0.25, 0.3) is 0 Å². The monoisotopic (exact) mass is 222 g/mol. The first-order valence-electron chi connectivity index (χ1n) is 5.56. The molecule has 0 saturated carbocycles. The first-order valence-corrected chi connectivity index (χ1v) is 5.56. The third-order valence-electron chi connectivity index (χ3n) is 2.77. The number of morpholine rings is 1. The zero-order valence-electron chi connectivity index (χ0n) is 9.44. The summed E-state index contributed by atoms with van der Waals surface area (Å²) in [6.07, 6.45) is 1.98. The summed E-state index contributed by atoms with van der Waals surface area (Å²) in [5.74, 6) is 1.62. The second kappa shape index (κ2) is 5.85. The van der Waals surface area contributed by atoms with Gasteiger partial charge in [-0.1, -0.05) is 27.3 Å². The van der Waals surface area contributed by atoms with Crippen molar-refractivity contribution in [3.63, 3.8) is 0 Å². The maximum absolute atomic E-state index is 5.31. The van der Waals surface area contributed by atoms with Crippen LogP contribution in [0.15, 0.2) is 18.3 Å². The molecule has 0 bridgehead atoms. The lowest BCUT2D eigenvalue weighted by Gasteiger charge is -2.27. The molecule has 16 heavy (non-hydrogen) atoms. The highest BCUT2D eigenvalue weighted by molar-refractivity contribution is 5.40. The minimum Gasteiger partial charge on any atom is -0.378 e. The minimum absolute atomic E-state index is 0. The van der Waals surface area contributed by atoms with E-state index in [4.69, 9.17) is 4.74 Å². The molecule has 0 amide bonds. The van der Waals surface area contributed by atoms with Crippen LogP contribution in [0.3, 0.4) is 0 Å². The molecule has 2 rings (SSSR count). The van der Waals surface area contributed by atoms with Gasteiger partial charge in [-0.3, -0.25) is 0 Å². The SMILES string of the molecule is C.CC(C)c1ccc(N2CCOCC2)nc1. The summed E-state index contributed by atoms with van der Waals surface area (Å²) in [5.41, 5.74) is 1.30. The summed E-state index contributed by atoms with van der Waals surface area (Å²) < 4.78 is 5.31. The van der Waals surface area contributed by atoms with Gasteiger partial charge in [-0.25, -0.2) is 4.98 Å². The Hall–Kier alpha value is -1.09. The molecule has 1 fully saturated rings. The minimum atomic E-state index is 0. The first kappa shape index (κ1) is 13.0. The Morgan fingerprint density at radius 2 is 1.94 bits per heavy atom. The molecule has 2 heterocycles. The molecule has 0 aromatic carbocycles. The summed E-state index contributed by atoms with van der Waals surface area (Å²) in [7, 11) is 0. The van der Waals surface area contributed by atoms with Crippen LogP contribution in [0.2, 0.25) is 0 Å². The second-order valence-corrected chi connectivity index (χ2v) is 4.20. The van der Waals surface area contributed by atoms with Gasteiger partial charge in [0.1, 0.15) is 5.82 Å². The zero-order valence-corrected chi connectivity index (χ0v) is 9.44. The fourth-order valence-electron chi connectivity index (χ4n) is 1.72. The molecule has 0 atom stereocenters. The van der Waals surface area contributed by atoms with Crippen molar-refractivity contribution in [2.24, 2.45) is 0 Å². The lowest BCUT2D eigenvalue weighted by atomic mass is 10.1. The van der Waals surface area contributed by atoms with Crippen LogP contribution in [0, 0.1) is 0 Å². The van der Waals surface area contributed by atoms with Crippen molar-refractivity contribution >= 4 is 5.82 Å². The van der Waals surface area contributed by atoms with Crippen LogP contribution in [0.4, 0.5) is 5.82 Å². The van der Waals surface area contributed by atoms with Gasteiger partial charge in [-0.05, 0) is 17.5 Å². The predicted octanol–water partition coefficient (Wildman–Crippen LogP) is 2.68. The average Bonchev–Trinajstić information content (AvgIpc) is 2.30. The van der Waals surface area contributed by atoms with Crippen LogP contribution in [0.1, 0.15) is 32.8 Å². The van der Waals surface area contributed by atoms with Gasteiger partial charge in [-0.15, -0.1) is 0 Å². The standard InChI is InChI=1S/C12H18N2O.CH4/c1-10(2)11-3-4-12(13-9-11)14-5-7-15-8-6-14;/h3-4,9-10H,5-8H2,1-2H3;1H4. The van der Waals surface area contributed by atoms with E-state index in [1.54, 1.807) is 0 Å². The quantitative estimate of drug-likeness (QED) is 0.769. The lowest BCUT2D eigenvalue weighted by molar-refractivity contribution is 0.122. The van der Waals surface area contributed by atoms with Gasteiger partial charge < -0.3 is 9.64 Å². The number of anilines is 1. The molecule has 1 aromatic rings. The van der Waals surface area contributed by atoms with Crippen LogP contribution in [0.5, 0.6) is 0 Å². The molecule has 1 aromatic heterocycles. The number of hydrogen-bond donors (Lipinski definition) is 0. The van der Waals surface area contributed by atoms with E-state index in [1.165, 1.54) is 5.56 Å². The molecule has 0 aliphatic carbocycles. The molecule has 3 nitrogen and oxygen atoms in total. The highest BCUT2D eigenvalue weighted by atomic mass is 16.5. The normalized spacial score (nSPS) is 16.1.